The molecule has 0 aromatic rings. The van der Waals surface area contributed by atoms with Gasteiger partial charge in [0.2, 0.25) is 0 Å². The topological polar surface area (TPSA) is 55.8 Å². The van der Waals surface area contributed by atoms with Gasteiger partial charge in [-0.1, -0.05) is 6.92 Å². The number of methoxy groups -OCH3 is 1. The van der Waals surface area contributed by atoms with E-state index in [9.17, 15) is 9.59 Å². The molecule has 16 heavy (non-hydrogen) atoms. The Bertz CT molecular complexity index is 230. The number of nitrogens with zero attached hydrogens (tertiary/aromatic N) is 1. The predicted molar refractivity (Wildman–Crippen MR) is 59.9 cm³/mol. The second-order valence-corrected chi connectivity index (χ2v) is 3.74. The van der Waals surface area contributed by atoms with Crippen molar-refractivity contribution in [1.82, 2.24) is 4.90 Å². The largest absolute Gasteiger partial charge is 0.469 e. The average molecular weight is 231 g/mol. The molecule has 0 saturated carbocycles. The van der Waals surface area contributed by atoms with Crippen molar-refractivity contribution in [1.29, 1.82) is 0 Å². The molecule has 0 aliphatic rings. The second kappa shape index (κ2) is 8.10. The first-order valence-corrected chi connectivity index (χ1v) is 5.43. The Morgan fingerprint density at radius 3 is 2.50 bits per heavy atom. The first-order valence-electron chi connectivity index (χ1n) is 5.43. The van der Waals surface area contributed by atoms with Gasteiger partial charge in [-0.3, -0.25) is 9.59 Å². The first kappa shape index (κ1) is 14.9. The molecule has 0 aliphatic heterocycles. The van der Waals surface area contributed by atoms with Crippen LogP contribution in [0.3, 0.4) is 0 Å². The monoisotopic (exact) mass is 231 g/mol. The molecule has 0 fully saturated rings. The highest BCUT2D eigenvalue weighted by Gasteiger charge is 2.16. The Morgan fingerprint density at radius 1 is 1.38 bits per heavy atom. The van der Waals surface area contributed by atoms with Gasteiger partial charge in [-0.15, -0.1) is 0 Å². The van der Waals surface area contributed by atoms with E-state index in [1.165, 1.54) is 7.11 Å². The van der Waals surface area contributed by atoms with Crippen molar-refractivity contribution in [2.45, 2.75) is 20.3 Å². The molecule has 0 aromatic heterocycles. The van der Waals surface area contributed by atoms with Crippen molar-refractivity contribution in [3.05, 3.63) is 0 Å². The van der Waals surface area contributed by atoms with Crippen LogP contribution in [-0.4, -0.2) is 50.7 Å². The fourth-order valence-electron chi connectivity index (χ4n) is 1.30. The van der Waals surface area contributed by atoms with Gasteiger partial charge in [0.25, 0.3) is 0 Å². The molecule has 0 N–H and O–H groups in total. The highest BCUT2D eigenvalue weighted by atomic mass is 16.5. The molecule has 0 saturated heterocycles. The fourth-order valence-corrected chi connectivity index (χ4v) is 1.30. The van der Waals surface area contributed by atoms with Gasteiger partial charge in [-0.2, -0.15) is 0 Å². The van der Waals surface area contributed by atoms with Crippen molar-refractivity contribution in [3.8, 4) is 0 Å². The third kappa shape index (κ3) is 6.40. The van der Waals surface area contributed by atoms with E-state index in [-0.39, 0.29) is 17.9 Å². The highest BCUT2D eigenvalue weighted by molar-refractivity contribution is 5.72. The highest BCUT2D eigenvalue weighted by Crippen LogP contribution is 2.02. The lowest BCUT2D eigenvalue weighted by Gasteiger charge is -2.19. The van der Waals surface area contributed by atoms with Crippen molar-refractivity contribution in [2.75, 3.05) is 33.9 Å². The van der Waals surface area contributed by atoms with Crippen LogP contribution in [-0.2, 0) is 19.1 Å². The van der Waals surface area contributed by atoms with Gasteiger partial charge in [0.15, 0.2) is 0 Å². The van der Waals surface area contributed by atoms with Crippen LogP contribution >= 0.6 is 0 Å². The quantitative estimate of drug-likeness (QED) is 0.603. The molecule has 0 bridgehead atoms. The third-order valence-electron chi connectivity index (χ3n) is 2.20. The number of rotatable bonds is 7. The van der Waals surface area contributed by atoms with Gasteiger partial charge in [0.1, 0.15) is 0 Å². The summed E-state index contributed by atoms with van der Waals surface area (Å²) in [4.78, 5) is 24.1. The maximum absolute atomic E-state index is 11.3. The molecule has 5 nitrogen and oxygen atoms in total. The maximum Gasteiger partial charge on any atom is 0.309 e. The summed E-state index contributed by atoms with van der Waals surface area (Å²) in [5, 5.41) is 0. The molecule has 0 aromatic carbocycles. The summed E-state index contributed by atoms with van der Waals surface area (Å²) < 4.78 is 9.43. The summed E-state index contributed by atoms with van der Waals surface area (Å²) in [5.74, 6) is -0.620. The van der Waals surface area contributed by atoms with Crippen LogP contribution < -0.4 is 0 Å². The maximum atomic E-state index is 11.3. The third-order valence-corrected chi connectivity index (χ3v) is 2.20. The van der Waals surface area contributed by atoms with E-state index in [2.05, 4.69) is 4.74 Å². The molecule has 1 unspecified atom stereocenters. The van der Waals surface area contributed by atoms with Crippen LogP contribution in [0.1, 0.15) is 20.3 Å². The molecular formula is C11H21NO4. The van der Waals surface area contributed by atoms with Crippen LogP contribution in [0.25, 0.3) is 0 Å². The summed E-state index contributed by atoms with van der Waals surface area (Å²) in [6.45, 7) is 5.15. The van der Waals surface area contributed by atoms with Gasteiger partial charge in [0.05, 0.1) is 26.1 Å². The molecular weight excluding hydrogens is 210 g/mol. The van der Waals surface area contributed by atoms with E-state index >= 15 is 0 Å². The molecule has 5 heteroatoms. The molecule has 0 aliphatic carbocycles. The van der Waals surface area contributed by atoms with E-state index < -0.39 is 0 Å². The summed E-state index contributed by atoms with van der Waals surface area (Å²) in [6.07, 6.45) is 0.336. The zero-order chi connectivity index (χ0) is 12.6. The van der Waals surface area contributed by atoms with E-state index in [0.29, 0.717) is 26.1 Å². The molecule has 0 rings (SSSR count). The molecule has 94 valence electrons. The van der Waals surface area contributed by atoms with Crippen LogP contribution in [0.2, 0.25) is 0 Å². The Morgan fingerprint density at radius 2 is 2.00 bits per heavy atom. The standard InChI is InChI=1S/C11H21NO4/c1-5-16-11(14)9(2)8-12(3)7-6-10(13)15-4/h9H,5-8H2,1-4H3. The zero-order valence-corrected chi connectivity index (χ0v) is 10.5. The van der Waals surface area contributed by atoms with Crippen LogP contribution in [0.15, 0.2) is 0 Å². The van der Waals surface area contributed by atoms with E-state index in [1.54, 1.807) is 6.92 Å². The number of carbonyl (C=O) groups is 2. The van der Waals surface area contributed by atoms with Gasteiger partial charge >= 0.3 is 11.9 Å². The number of carbonyl (C=O) groups excluding carboxylic acids is 2. The SMILES string of the molecule is CCOC(=O)C(C)CN(C)CCC(=O)OC. The molecule has 1 atom stereocenters. The van der Waals surface area contributed by atoms with E-state index in [1.807, 2.05) is 18.9 Å². The molecule has 0 amide bonds. The lowest BCUT2D eigenvalue weighted by molar-refractivity contribution is -0.147. The summed E-state index contributed by atoms with van der Waals surface area (Å²) in [5.41, 5.74) is 0. The molecule has 0 heterocycles. The average Bonchev–Trinajstić information content (AvgIpc) is 2.26. The fraction of sp³-hybridized carbons (Fsp3) is 0.818. The second-order valence-electron chi connectivity index (χ2n) is 3.74. The van der Waals surface area contributed by atoms with Crippen molar-refractivity contribution in [3.63, 3.8) is 0 Å². The van der Waals surface area contributed by atoms with Gasteiger partial charge in [0, 0.05) is 13.1 Å². The molecule has 0 radical (unpaired) electrons. The van der Waals surface area contributed by atoms with Crippen molar-refractivity contribution < 1.29 is 19.1 Å². The Hall–Kier alpha value is -1.10. The Kier molecular flexibility index (Phi) is 7.54. The minimum absolute atomic E-state index is 0.178. The van der Waals surface area contributed by atoms with E-state index in [0.717, 1.165) is 0 Å². The number of ether oxygens (including phenoxy) is 2. The minimum atomic E-state index is -0.240. The van der Waals surface area contributed by atoms with Gasteiger partial charge in [-0.25, -0.2) is 0 Å². The number of hydrogen-bond acceptors (Lipinski definition) is 5. The summed E-state index contributed by atoms with van der Waals surface area (Å²) in [6, 6.07) is 0. The van der Waals surface area contributed by atoms with Gasteiger partial charge < -0.3 is 14.4 Å². The Labute approximate surface area is 96.7 Å². The van der Waals surface area contributed by atoms with E-state index in [4.69, 9.17) is 4.74 Å². The van der Waals surface area contributed by atoms with Crippen LogP contribution in [0, 0.1) is 5.92 Å². The Balaban J connectivity index is 3.81. The summed E-state index contributed by atoms with van der Waals surface area (Å²) >= 11 is 0. The smallest absolute Gasteiger partial charge is 0.309 e. The van der Waals surface area contributed by atoms with Gasteiger partial charge in [-0.05, 0) is 14.0 Å². The zero-order valence-electron chi connectivity index (χ0n) is 10.5. The number of hydrogen-bond donors (Lipinski definition) is 0. The summed E-state index contributed by atoms with van der Waals surface area (Å²) in [7, 11) is 3.22. The minimum Gasteiger partial charge on any atom is -0.469 e. The normalized spacial score (nSPS) is 12.3. The van der Waals surface area contributed by atoms with Crippen LogP contribution in [0.5, 0.6) is 0 Å². The van der Waals surface area contributed by atoms with Crippen molar-refractivity contribution >= 4 is 11.9 Å². The van der Waals surface area contributed by atoms with Crippen LogP contribution in [0.4, 0.5) is 0 Å². The molecule has 0 spiro atoms. The lowest BCUT2D eigenvalue weighted by atomic mass is 10.1. The lowest BCUT2D eigenvalue weighted by Crippen LogP contribution is -2.31. The van der Waals surface area contributed by atoms with Crippen molar-refractivity contribution in [2.24, 2.45) is 5.92 Å². The number of esters is 2. The predicted octanol–water partition coefficient (Wildman–Crippen LogP) is 0.680. The first-order chi connectivity index (χ1) is 7.51.